The van der Waals surface area contributed by atoms with Gasteiger partial charge in [-0.1, -0.05) is 6.07 Å². The van der Waals surface area contributed by atoms with Crippen molar-refractivity contribution in [2.45, 2.75) is 18.3 Å². The van der Waals surface area contributed by atoms with Gasteiger partial charge < -0.3 is 10.5 Å². The molecule has 0 amide bonds. The van der Waals surface area contributed by atoms with Crippen molar-refractivity contribution >= 4 is 0 Å². The maximum atomic E-state index is 13.7. The van der Waals surface area contributed by atoms with Gasteiger partial charge in [0, 0.05) is 30.7 Å². The molecule has 1 aliphatic heterocycles. The van der Waals surface area contributed by atoms with Crippen LogP contribution in [0.3, 0.4) is 0 Å². The van der Waals surface area contributed by atoms with E-state index in [0.29, 0.717) is 26.1 Å². The van der Waals surface area contributed by atoms with Crippen LogP contribution in [0.1, 0.15) is 18.4 Å². The fourth-order valence-corrected chi connectivity index (χ4v) is 2.32. The van der Waals surface area contributed by atoms with E-state index in [0.717, 1.165) is 0 Å². The minimum atomic E-state index is -0.603. The summed E-state index contributed by atoms with van der Waals surface area (Å²) < 4.78 is 32.7. The van der Waals surface area contributed by atoms with Crippen LogP contribution in [0.4, 0.5) is 8.78 Å². The first-order valence-electron chi connectivity index (χ1n) is 5.42. The highest BCUT2D eigenvalue weighted by atomic mass is 19.1. The van der Waals surface area contributed by atoms with Crippen molar-refractivity contribution < 1.29 is 13.5 Å². The van der Waals surface area contributed by atoms with E-state index in [1.54, 1.807) is 0 Å². The Bertz CT molecular complexity index is 355. The normalized spacial score (nSPS) is 19.7. The summed E-state index contributed by atoms with van der Waals surface area (Å²) in [5.41, 5.74) is 5.24. The Morgan fingerprint density at radius 3 is 2.25 bits per heavy atom. The third-order valence-electron chi connectivity index (χ3n) is 3.33. The third-order valence-corrected chi connectivity index (χ3v) is 3.33. The molecule has 88 valence electrons. The van der Waals surface area contributed by atoms with Crippen molar-refractivity contribution in [3.63, 3.8) is 0 Å². The number of ether oxygens (including phenoxy) is 1. The molecule has 2 nitrogen and oxygen atoms in total. The molecule has 1 saturated heterocycles. The van der Waals surface area contributed by atoms with Gasteiger partial charge in [0.1, 0.15) is 11.6 Å². The van der Waals surface area contributed by atoms with Crippen molar-refractivity contribution in [3.8, 4) is 0 Å². The second kappa shape index (κ2) is 4.47. The standard InChI is InChI=1S/C12H15F2NO/c13-9-2-1-3-10(14)11(9)12(8-15)4-6-16-7-5-12/h1-3H,4-8,15H2. The molecule has 1 aromatic rings. The van der Waals surface area contributed by atoms with Crippen LogP contribution in [0.25, 0.3) is 0 Å². The molecule has 1 heterocycles. The molecule has 1 fully saturated rings. The molecule has 0 radical (unpaired) electrons. The van der Waals surface area contributed by atoms with E-state index < -0.39 is 17.0 Å². The van der Waals surface area contributed by atoms with Crippen LogP contribution in [-0.4, -0.2) is 19.8 Å². The molecule has 2 N–H and O–H groups in total. The highest BCUT2D eigenvalue weighted by Gasteiger charge is 2.37. The lowest BCUT2D eigenvalue weighted by atomic mass is 9.74. The lowest BCUT2D eigenvalue weighted by Gasteiger charge is -2.36. The first-order chi connectivity index (χ1) is 7.69. The number of benzene rings is 1. The van der Waals surface area contributed by atoms with Gasteiger partial charge in [0.15, 0.2) is 0 Å². The lowest BCUT2D eigenvalue weighted by Crippen LogP contribution is -2.42. The van der Waals surface area contributed by atoms with E-state index in [9.17, 15) is 8.78 Å². The number of hydrogen-bond acceptors (Lipinski definition) is 2. The number of nitrogens with two attached hydrogens (primary N) is 1. The van der Waals surface area contributed by atoms with Crippen LogP contribution in [-0.2, 0) is 10.2 Å². The fraction of sp³-hybridized carbons (Fsp3) is 0.500. The summed E-state index contributed by atoms with van der Waals surface area (Å²) >= 11 is 0. The molecule has 0 bridgehead atoms. The summed E-state index contributed by atoms with van der Waals surface area (Å²) in [7, 11) is 0. The van der Waals surface area contributed by atoms with E-state index in [1.807, 2.05) is 0 Å². The Morgan fingerprint density at radius 1 is 1.19 bits per heavy atom. The van der Waals surface area contributed by atoms with Crippen molar-refractivity contribution in [1.29, 1.82) is 0 Å². The Balaban J connectivity index is 2.46. The topological polar surface area (TPSA) is 35.2 Å². The molecule has 4 heteroatoms. The van der Waals surface area contributed by atoms with Crippen molar-refractivity contribution in [2.24, 2.45) is 5.73 Å². The smallest absolute Gasteiger partial charge is 0.129 e. The Hall–Kier alpha value is -1.00. The second-order valence-corrected chi connectivity index (χ2v) is 4.19. The first kappa shape index (κ1) is 11.5. The van der Waals surface area contributed by atoms with E-state index in [-0.39, 0.29) is 12.1 Å². The lowest BCUT2D eigenvalue weighted by molar-refractivity contribution is 0.0504. The minimum Gasteiger partial charge on any atom is -0.381 e. The summed E-state index contributed by atoms with van der Waals surface area (Å²) in [6, 6.07) is 3.94. The summed E-state index contributed by atoms with van der Waals surface area (Å²) in [5.74, 6) is -1.01. The Kier molecular flexibility index (Phi) is 3.21. The summed E-state index contributed by atoms with van der Waals surface area (Å²) in [6.45, 7) is 1.25. The van der Waals surface area contributed by atoms with Gasteiger partial charge >= 0.3 is 0 Å². The SMILES string of the molecule is NCC1(c2c(F)cccc2F)CCOCC1. The van der Waals surface area contributed by atoms with Gasteiger partial charge in [0.25, 0.3) is 0 Å². The maximum absolute atomic E-state index is 13.7. The maximum Gasteiger partial charge on any atom is 0.129 e. The summed E-state index contributed by atoms with van der Waals surface area (Å²) in [6.07, 6.45) is 1.14. The molecule has 0 spiro atoms. The highest BCUT2D eigenvalue weighted by Crippen LogP contribution is 2.36. The van der Waals surface area contributed by atoms with E-state index in [1.165, 1.54) is 18.2 Å². The van der Waals surface area contributed by atoms with Crippen LogP contribution < -0.4 is 5.73 Å². The van der Waals surface area contributed by atoms with Gasteiger partial charge in [-0.05, 0) is 25.0 Å². The first-order valence-corrected chi connectivity index (χ1v) is 5.42. The van der Waals surface area contributed by atoms with Gasteiger partial charge in [-0.25, -0.2) is 8.78 Å². The monoisotopic (exact) mass is 227 g/mol. The Morgan fingerprint density at radius 2 is 1.75 bits per heavy atom. The molecular formula is C12H15F2NO. The molecule has 0 atom stereocenters. The van der Waals surface area contributed by atoms with Crippen LogP contribution in [0.15, 0.2) is 18.2 Å². The van der Waals surface area contributed by atoms with E-state index in [2.05, 4.69) is 0 Å². The quantitative estimate of drug-likeness (QED) is 0.838. The van der Waals surface area contributed by atoms with Gasteiger partial charge in [0.05, 0.1) is 0 Å². The van der Waals surface area contributed by atoms with Crippen molar-refractivity contribution in [1.82, 2.24) is 0 Å². The zero-order valence-corrected chi connectivity index (χ0v) is 9.01. The van der Waals surface area contributed by atoms with Gasteiger partial charge in [-0.2, -0.15) is 0 Å². The van der Waals surface area contributed by atoms with Crippen molar-refractivity contribution in [3.05, 3.63) is 35.4 Å². The molecule has 16 heavy (non-hydrogen) atoms. The second-order valence-electron chi connectivity index (χ2n) is 4.19. The molecule has 1 aliphatic rings. The summed E-state index contributed by atoms with van der Waals surface area (Å²) in [4.78, 5) is 0. The molecule has 0 aromatic heterocycles. The summed E-state index contributed by atoms with van der Waals surface area (Å²) in [5, 5.41) is 0. The average molecular weight is 227 g/mol. The van der Waals surface area contributed by atoms with E-state index in [4.69, 9.17) is 10.5 Å². The van der Waals surface area contributed by atoms with Gasteiger partial charge in [-0.15, -0.1) is 0 Å². The molecule has 2 rings (SSSR count). The predicted molar refractivity (Wildman–Crippen MR) is 57.1 cm³/mol. The van der Waals surface area contributed by atoms with Crippen LogP contribution >= 0.6 is 0 Å². The van der Waals surface area contributed by atoms with Crippen LogP contribution in [0.2, 0.25) is 0 Å². The molecule has 0 saturated carbocycles. The van der Waals surface area contributed by atoms with Gasteiger partial charge in [-0.3, -0.25) is 0 Å². The number of rotatable bonds is 2. The van der Waals surface area contributed by atoms with Crippen LogP contribution in [0, 0.1) is 11.6 Å². The molecule has 1 aromatic carbocycles. The minimum absolute atomic E-state index is 0.126. The zero-order valence-electron chi connectivity index (χ0n) is 9.01. The molecule has 0 aliphatic carbocycles. The highest BCUT2D eigenvalue weighted by molar-refractivity contribution is 5.30. The van der Waals surface area contributed by atoms with Gasteiger partial charge in [0.2, 0.25) is 0 Å². The zero-order chi connectivity index (χ0) is 11.6. The van der Waals surface area contributed by atoms with E-state index >= 15 is 0 Å². The number of halogens is 2. The van der Waals surface area contributed by atoms with Crippen molar-refractivity contribution in [2.75, 3.05) is 19.8 Å². The average Bonchev–Trinajstić information content (AvgIpc) is 2.30. The predicted octanol–water partition coefficient (Wildman–Crippen LogP) is 1.97. The third kappa shape index (κ3) is 1.83. The van der Waals surface area contributed by atoms with Crippen LogP contribution in [0.5, 0.6) is 0 Å². The number of hydrogen-bond donors (Lipinski definition) is 1. The fourth-order valence-electron chi connectivity index (χ4n) is 2.32. The largest absolute Gasteiger partial charge is 0.381 e. The molecule has 0 unspecified atom stereocenters. The molecular weight excluding hydrogens is 212 g/mol. The Labute approximate surface area is 93.4 Å².